The minimum absolute atomic E-state index is 0.506. The van der Waals surface area contributed by atoms with Gasteiger partial charge in [-0.2, -0.15) is 5.10 Å². The van der Waals surface area contributed by atoms with E-state index in [0.29, 0.717) is 6.04 Å². The molecule has 0 spiro atoms. The summed E-state index contributed by atoms with van der Waals surface area (Å²) < 4.78 is 1.86. The molecule has 0 saturated heterocycles. The molecule has 0 aliphatic heterocycles. The smallest absolute Gasteiger partial charge is 0.0925 e. The summed E-state index contributed by atoms with van der Waals surface area (Å²) in [6.07, 6.45) is 3.09. The molecule has 0 fully saturated rings. The van der Waals surface area contributed by atoms with Crippen molar-refractivity contribution in [3.63, 3.8) is 0 Å². The Morgan fingerprint density at radius 2 is 2.27 bits per heavy atom. The van der Waals surface area contributed by atoms with E-state index in [4.69, 9.17) is 0 Å². The number of rotatable bonds is 3. The third-order valence-corrected chi connectivity index (χ3v) is 2.72. The number of aromatic nitrogens is 2. The first-order valence-electron chi connectivity index (χ1n) is 5.28. The van der Waals surface area contributed by atoms with E-state index in [1.54, 1.807) is 0 Å². The number of benzene rings is 1. The van der Waals surface area contributed by atoms with E-state index in [2.05, 4.69) is 35.5 Å². The lowest BCUT2D eigenvalue weighted by Gasteiger charge is -2.09. The second-order valence-electron chi connectivity index (χ2n) is 4.09. The van der Waals surface area contributed by atoms with E-state index < -0.39 is 0 Å². The molecule has 0 aliphatic carbocycles. The van der Waals surface area contributed by atoms with E-state index in [1.165, 1.54) is 10.9 Å². The maximum atomic E-state index is 4.40. The highest BCUT2D eigenvalue weighted by atomic mass is 15.2. The quantitative estimate of drug-likeness (QED) is 0.823. The van der Waals surface area contributed by atoms with Crippen molar-refractivity contribution >= 4 is 10.9 Å². The summed E-state index contributed by atoms with van der Waals surface area (Å²) in [6.45, 7) is 2.18. The van der Waals surface area contributed by atoms with Crippen LogP contribution in [-0.2, 0) is 13.5 Å². The molecule has 1 aromatic carbocycles. The highest BCUT2D eigenvalue weighted by Gasteiger charge is 2.03. The predicted octanol–water partition coefficient (Wildman–Crippen LogP) is 1.72. The van der Waals surface area contributed by atoms with Gasteiger partial charge in [0.2, 0.25) is 0 Å². The molecule has 15 heavy (non-hydrogen) atoms. The fourth-order valence-electron chi connectivity index (χ4n) is 1.77. The summed E-state index contributed by atoms with van der Waals surface area (Å²) >= 11 is 0. The van der Waals surface area contributed by atoms with Gasteiger partial charge in [-0.1, -0.05) is 12.1 Å². The Morgan fingerprint density at radius 1 is 1.47 bits per heavy atom. The summed E-state index contributed by atoms with van der Waals surface area (Å²) in [7, 11) is 3.94. The van der Waals surface area contributed by atoms with Crippen molar-refractivity contribution in [1.82, 2.24) is 15.1 Å². The fourth-order valence-corrected chi connectivity index (χ4v) is 1.77. The summed E-state index contributed by atoms with van der Waals surface area (Å²) in [4.78, 5) is 0. The molecule has 0 saturated carbocycles. The highest BCUT2D eigenvalue weighted by Crippen LogP contribution is 2.14. The minimum atomic E-state index is 0.506. The Balaban J connectivity index is 2.30. The van der Waals surface area contributed by atoms with Gasteiger partial charge in [-0.15, -0.1) is 0 Å². The number of likely N-dealkylation sites (N-methyl/N-ethyl adjacent to an activating group) is 1. The van der Waals surface area contributed by atoms with Gasteiger partial charge in [0.25, 0.3) is 0 Å². The lowest BCUT2D eigenvalue weighted by molar-refractivity contribution is 0.609. The van der Waals surface area contributed by atoms with Crippen LogP contribution in [0.15, 0.2) is 24.4 Å². The molecule has 2 aromatic rings. The Labute approximate surface area is 90.1 Å². The molecule has 0 bridgehead atoms. The third kappa shape index (κ3) is 2.18. The van der Waals surface area contributed by atoms with Crippen LogP contribution < -0.4 is 5.32 Å². The Bertz CT molecular complexity index is 459. The summed E-state index contributed by atoms with van der Waals surface area (Å²) in [5, 5.41) is 8.85. The van der Waals surface area contributed by atoms with Gasteiger partial charge in [0.15, 0.2) is 0 Å². The van der Waals surface area contributed by atoms with E-state index >= 15 is 0 Å². The van der Waals surface area contributed by atoms with Crippen molar-refractivity contribution in [2.75, 3.05) is 7.05 Å². The number of hydrogen-bond donors (Lipinski definition) is 1. The lowest BCUT2D eigenvalue weighted by Crippen LogP contribution is -2.23. The molecule has 3 nitrogen and oxygen atoms in total. The molecular formula is C12H17N3. The van der Waals surface area contributed by atoms with E-state index in [-0.39, 0.29) is 0 Å². The van der Waals surface area contributed by atoms with Crippen LogP contribution in [0.4, 0.5) is 0 Å². The van der Waals surface area contributed by atoms with Gasteiger partial charge in [0.05, 0.1) is 5.52 Å². The molecular weight excluding hydrogens is 186 g/mol. The van der Waals surface area contributed by atoms with Crippen LogP contribution in [0.25, 0.3) is 10.9 Å². The standard InChI is InChI=1S/C12H17N3/c1-9(13-2)6-10-4-5-11-8-15(3)14-12(11)7-10/h4-5,7-9,13H,6H2,1-3H3. The van der Waals surface area contributed by atoms with Crippen LogP contribution in [0.5, 0.6) is 0 Å². The number of nitrogens with zero attached hydrogens (tertiary/aromatic N) is 2. The summed E-state index contributed by atoms with van der Waals surface area (Å²) in [5.41, 5.74) is 2.42. The minimum Gasteiger partial charge on any atom is -0.317 e. The molecule has 1 heterocycles. The van der Waals surface area contributed by atoms with Gasteiger partial charge in [-0.05, 0) is 32.0 Å². The Morgan fingerprint density at radius 3 is 3.00 bits per heavy atom. The number of nitrogens with one attached hydrogen (secondary N) is 1. The van der Waals surface area contributed by atoms with Crippen LogP contribution >= 0.6 is 0 Å². The van der Waals surface area contributed by atoms with E-state index in [9.17, 15) is 0 Å². The van der Waals surface area contributed by atoms with Gasteiger partial charge in [0.1, 0.15) is 0 Å². The molecule has 3 heteroatoms. The van der Waals surface area contributed by atoms with Gasteiger partial charge in [-0.25, -0.2) is 0 Å². The predicted molar refractivity (Wildman–Crippen MR) is 62.9 cm³/mol. The van der Waals surface area contributed by atoms with Gasteiger partial charge >= 0.3 is 0 Å². The SMILES string of the molecule is CNC(C)Cc1ccc2cn(C)nc2c1. The largest absolute Gasteiger partial charge is 0.317 e. The second-order valence-corrected chi connectivity index (χ2v) is 4.09. The van der Waals surface area contributed by atoms with Crippen LogP contribution in [0.3, 0.4) is 0 Å². The third-order valence-electron chi connectivity index (χ3n) is 2.72. The molecule has 0 radical (unpaired) electrons. The highest BCUT2D eigenvalue weighted by molar-refractivity contribution is 5.78. The van der Waals surface area contributed by atoms with Crippen LogP contribution in [0.1, 0.15) is 12.5 Å². The molecule has 1 aromatic heterocycles. The molecule has 1 atom stereocenters. The first-order valence-corrected chi connectivity index (χ1v) is 5.28. The molecule has 1 N–H and O–H groups in total. The average Bonchev–Trinajstić information content (AvgIpc) is 2.57. The summed E-state index contributed by atoms with van der Waals surface area (Å²) in [6, 6.07) is 6.99. The molecule has 0 aliphatic rings. The van der Waals surface area contributed by atoms with Crippen molar-refractivity contribution in [2.24, 2.45) is 7.05 Å². The summed E-state index contributed by atoms with van der Waals surface area (Å²) in [5.74, 6) is 0. The number of fused-ring (bicyclic) bond motifs is 1. The van der Waals surface area contributed by atoms with Gasteiger partial charge in [0, 0.05) is 24.7 Å². The maximum absolute atomic E-state index is 4.40. The average molecular weight is 203 g/mol. The van der Waals surface area contributed by atoms with Crippen LogP contribution in [0, 0.1) is 0 Å². The number of aryl methyl sites for hydroxylation is 1. The van der Waals surface area contributed by atoms with Crippen LogP contribution in [-0.4, -0.2) is 22.9 Å². The molecule has 80 valence electrons. The van der Waals surface area contributed by atoms with Gasteiger partial charge < -0.3 is 5.32 Å². The topological polar surface area (TPSA) is 29.9 Å². The van der Waals surface area contributed by atoms with Gasteiger partial charge in [-0.3, -0.25) is 4.68 Å². The zero-order chi connectivity index (χ0) is 10.8. The van der Waals surface area contributed by atoms with Crippen LogP contribution in [0.2, 0.25) is 0 Å². The normalized spacial score (nSPS) is 13.3. The van der Waals surface area contributed by atoms with Crippen molar-refractivity contribution in [3.05, 3.63) is 30.0 Å². The first-order chi connectivity index (χ1) is 7.19. The molecule has 2 rings (SSSR count). The Hall–Kier alpha value is -1.35. The fraction of sp³-hybridized carbons (Fsp3) is 0.417. The zero-order valence-electron chi connectivity index (χ0n) is 9.49. The van der Waals surface area contributed by atoms with Crippen molar-refractivity contribution in [1.29, 1.82) is 0 Å². The maximum Gasteiger partial charge on any atom is 0.0925 e. The molecule has 0 amide bonds. The monoisotopic (exact) mass is 203 g/mol. The second kappa shape index (κ2) is 4.03. The van der Waals surface area contributed by atoms with E-state index in [1.807, 2.05) is 25.0 Å². The Kier molecular flexibility index (Phi) is 2.73. The zero-order valence-corrected chi connectivity index (χ0v) is 9.49. The van der Waals surface area contributed by atoms with Crippen molar-refractivity contribution < 1.29 is 0 Å². The van der Waals surface area contributed by atoms with Crippen molar-refractivity contribution in [2.45, 2.75) is 19.4 Å². The van der Waals surface area contributed by atoms with Crippen molar-refractivity contribution in [3.8, 4) is 0 Å². The van der Waals surface area contributed by atoms with E-state index in [0.717, 1.165) is 11.9 Å². The molecule has 1 unspecified atom stereocenters. The first kappa shape index (κ1) is 10.2. The lowest BCUT2D eigenvalue weighted by atomic mass is 10.1. The number of hydrogen-bond acceptors (Lipinski definition) is 2.